The molecule has 0 amide bonds. The number of benzene rings is 1. The van der Waals surface area contributed by atoms with Gasteiger partial charge in [0.1, 0.15) is 5.82 Å². The summed E-state index contributed by atoms with van der Waals surface area (Å²) in [6, 6.07) is 2.25. The maximum absolute atomic E-state index is 13.6. The van der Waals surface area contributed by atoms with Crippen LogP contribution in [0.1, 0.15) is 38.5 Å². The second-order valence-electron chi connectivity index (χ2n) is 4.58. The molecule has 1 saturated carbocycles. The van der Waals surface area contributed by atoms with E-state index < -0.39 is 11.6 Å². The molecule has 0 radical (unpaired) electrons. The van der Waals surface area contributed by atoms with Crippen molar-refractivity contribution in [2.24, 2.45) is 0 Å². The van der Waals surface area contributed by atoms with Gasteiger partial charge < -0.3 is 5.32 Å². The molecule has 0 saturated heterocycles. The molecule has 0 spiro atoms. The second kappa shape index (κ2) is 5.67. The predicted molar refractivity (Wildman–Crippen MR) is 66.5 cm³/mol. The van der Waals surface area contributed by atoms with E-state index in [1.165, 1.54) is 12.8 Å². The third-order valence-electron chi connectivity index (χ3n) is 3.21. The molecule has 17 heavy (non-hydrogen) atoms. The largest absolute Gasteiger partial charge is 0.379 e. The predicted octanol–water partition coefficient (Wildman–Crippen LogP) is 4.75. The van der Waals surface area contributed by atoms with Crippen LogP contribution in [0.5, 0.6) is 0 Å². The lowest BCUT2D eigenvalue weighted by atomic mass is 10.1. The molecule has 94 valence electrons. The summed E-state index contributed by atoms with van der Waals surface area (Å²) in [6.07, 6.45) is 6.81. The minimum Gasteiger partial charge on any atom is -0.379 e. The first kappa shape index (κ1) is 12.6. The van der Waals surface area contributed by atoms with Crippen LogP contribution in [0.15, 0.2) is 12.1 Å². The van der Waals surface area contributed by atoms with E-state index in [9.17, 15) is 8.78 Å². The Hall–Kier alpha value is -0.830. The molecule has 2 rings (SSSR count). The minimum absolute atomic E-state index is 0.117. The SMILES string of the molecule is Fc1cc(F)c(NC2CCCCCC2)c(Cl)c1. The lowest BCUT2D eigenvalue weighted by molar-refractivity contribution is 0.574. The normalized spacial score (nSPS) is 17.8. The fourth-order valence-electron chi connectivity index (χ4n) is 2.31. The van der Waals surface area contributed by atoms with Crippen LogP contribution in [0.2, 0.25) is 5.02 Å². The summed E-state index contributed by atoms with van der Waals surface area (Å²) in [5, 5.41) is 3.23. The van der Waals surface area contributed by atoms with Crippen LogP contribution in [-0.4, -0.2) is 6.04 Å². The first-order valence-electron chi connectivity index (χ1n) is 6.08. The molecule has 0 unspecified atom stereocenters. The van der Waals surface area contributed by atoms with Crippen molar-refractivity contribution in [2.75, 3.05) is 5.32 Å². The van der Waals surface area contributed by atoms with E-state index in [-0.39, 0.29) is 16.8 Å². The Balaban J connectivity index is 2.11. The molecular formula is C13H16ClF2N. The number of nitrogens with one attached hydrogen (secondary N) is 1. The van der Waals surface area contributed by atoms with Gasteiger partial charge in [0.2, 0.25) is 0 Å². The van der Waals surface area contributed by atoms with Gasteiger partial charge in [0.15, 0.2) is 5.82 Å². The number of hydrogen-bond donors (Lipinski definition) is 1. The zero-order valence-corrected chi connectivity index (χ0v) is 10.4. The van der Waals surface area contributed by atoms with Crippen LogP contribution < -0.4 is 5.32 Å². The van der Waals surface area contributed by atoms with Crippen LogP contribution in [-0.2, 0) is 0 Å². The van der Waals surface area contributed by atoms with Crippen LogP contribution in [0, 0.1) is 11.6 Å². The molecule has 0 atom stereocenters. The number of rotatable bonds is 2. The van der Waals surface area contributed by atoms with Gasteiger partial charge in [0.25, 0.3) is 0 Å². The van der Waals surface area contributed by atoms with Crippen molar-refractivity contribution in [2.45, 2.75) is 44.6 Å². The van der Waals surface area contributed by atoms with E-state index in [2.05, 4.69) is 5.32 Å². The monoisotopic (exact) mass is 259 g/mol. The minimum atomic E-state index is -0.640. The fraction of sp³-hybridized carbons (Fsp3) is 0.538. The summed E-state index contributed by atoms with van der Waals surface area (Å²) in [7, 11) is 0. The smallest absolute Gasteiger partial charge is 0.150 e. The van der Waals surface area contributed by atoms with Gasteiger partial charge in [-0.25, -0.2) is 8.78 Å². The van der Waals surface area contributed by atoms with Crippen molar-refractivity contribution in [1.82, 2.24) is 0 Å². The average Bonchev–Trinajstić information content (AvgIpc) is 2.51. The van der Waals surface area contributed by atoms with Gasteiger partial charge in [0.05, 0.1) is 10.7 Å². The van der Waals surface area contributed by atoms with Crippen LogP contribution in [0.25, 0.3) is 0 Å². The van der Waals surface area contributed by atoms with Gasteiger partial charge in [0, 0.05) is 12.1 Å². The summed E-state index contributed by atoms with van der Waals surface area (Å²) in [5.41, 5.74) is 0.236. The van der Waals surface area contributed by atoms with Crippen molar-refractivity contribution in [1.29, 1.82) is 0 Å². The van der Waals surface area contributed by atoms with Gasteiger partial charge in [-0.2, -0.15) is 0 Å². The van der Waals surface area contributed by atoms with Crippen molar-refractivity contribution in [3.63, 3.8) is 0 Å². The van der Waals surface area contributed by atoms with E-state index in [1.54, 1.807) is 0 Å². The van der Waals surface area contributed by atoms with Gasteiger partial charge in [-0.3, -0.25) is 0 Å². The Bertz CT molecular complexity index is 364. The third-order valence-corrected chi connectivity index (χ3v) is 3.51. The van der Waals surface area contributed by atoms with Crippen molar-refractivity contribution in [3.8, 4) is 0 Å². The molecule has 1 aromatic rings. The maximum atomic E-state index is 13.6. The number of anilines is 1. The summed E-state index contributed by atoms with van der Waals surface area (Å²) in [6.45, 7) is 0. The standard InChI is InChI=1S/C13H16ClF2N/c14-11-7-9(15)8-12(16)13(11)17-10-5-3-1-2-4-6-10/h7-8,10,17H,1-6H2. The Kier molecular flexibility index (Phi) is 4.21. The van der Waals surface area contributed by atoms with Gasteiger partial charge in [-0.05, 0) is 18.9 Å². The van der Waals surface area contributed by atoms with E-state index in [0.29, 0.717) is 0 Å². The lowest BCUT2D eigenvalue weighted by Crippen LogP contribution is -2.19. The third kappa shape index (κ3) is 3.32. The first-order chi connectivity index (χ1) is 8.16. The molecule has 1 aliphatic carbocycles. The molecule has 1 aliphatic rings. The summed E-state index contributed by atoms with van der Waals surface area (Å²) in [4.78, 5) is 0. The Morgan fingerprint density at radius 2 is 1.71 bits per heavy atom. The number of hydrogen-bond acceptors (Lipinski definition) is 1. The van der Waals surface area contributed by atoms with Crippen molar-refractivity contribution in [3.05, 3.63) is 28.8 Å². The highest BCUT2D eigenvalue weighted by molar-refractivity contribution is 6.33. The van der Waals surface area contributed by atoms with E-state index >= 15 is 0 Å². The van der Waals surface area contributed by atoms with Crippen molar-refractivity contribution >= 4 is 17.3 Å². The molecule has 1 fully saturated rings. The summed E-state index contributed by atoms with van der Waals surface area (Å²) >= 11 is 5.85. The molecule has 1 N–H and O–H groups in total. The van der Waals surface area contributed by atoms with Gasteiger partial charge >= 0.3 is 0 Å². The zero-order chi connectivity index (χ0) is 12.3. The molecule has 4 heteroatoms. The summed E-state index contributed by atoms with van der Waals surface area (Å²) in [5.74, 6) is -1.25. The number of halogens is 3. The average molecular weight is 260 g/mol. The quantitative estimate of drug-likeness (QED) is 0.756. The van der Waals surface area contributed by atoms with Gasteiger partial charge in [-0.15, -0.1) is 0 Å². The molecule has 1 aromatic carbocycles. The first-order valence-corrected chi connectivity index (χ1v) is 6.45. The Morgan fingerprint density at radius 1 is 1.06 bits per heavy atom. The van der Waals surface area contributed by atoms with Crippen LogP contribution >= 0.6 is 11.6 Å². The van der Waals surface area contributed by atoms with Crippen LogP contribution in [0.3, 0.4) is 0 Å². The highest BCUT2D eigenvalue weighted by Crippen LogP contribution is 2.29. The van der Waals surface area contributed by atoms with Crippen LogP contribution in [0.4, 0.5) is 14.5 Å². The lowest BCUT2D eigenvalue weighted by Gasteiger charge is -2.19. The van der Waals surface area contributed by atoms with E-state index in [4.69, 9.17) is 11.6 Å². The highest BCUT2D eigenvalue weighted by Gasteiger charge is 2.16. The van der Waals surface area contributed by atoms with E-state index in [1.807, 2.05) is 0 Å². The Morgan fingerprint density at radius 3 is 2.29 bits per heavy atom. The zero-order valence-electron chi connectivity index (χ0n) is 9.61. The second-order valence-corrected chi connectivity index (χ2v) is 4.98. The maximum Gasteiger partial charge on any atom is 0.150 e. The molecule has 0 aliphatic heterocycles. The Labute approximate surface area is 105 Å². The van der Waals surface area contributed by atoms with E-state index in [0.717, 1.165) is 37.8 Å². The topological polar surface area (TPSA) is 12.0 Å². The highest BCUT2D eigenvalue weighted by atomic mass is 35.5. The molecule has 1 nitrogen and oxygen atoms in total. The molecule has 0 heterocycles. The molecule has 0 aromatic heterocycles. The van der Waals surface area contributed by atoms with Gasteiger partial charge in [-0.1, -0.05) is 37.3 Å². The van der Waals surface area contributed by atoms with Crippen molar-refractivity contribution < 1.29 is 8.78 Å². The summed E-state index contributed by atoms with van der Waals surface area (Å²) < 4.78 is 26.5. The fourth-order valence-corrected chi connectivity index (χ4v) is 2.56. The molecule has 0 bridgehead atoms. The molecular weight excluding hydrogens is 244 g/mol.